The molecular weight excluding hydrogens is 394 g/mol. The van der Waals surface area contributed by atoms with E-state index in [9.17, 15) is 14.4 Å². The van der Waals surface area contributed by atoms with Gasteiger partial charge in [0.05, 0.1) is 5.69 Å². The molecular formula is C23H25N5O3. The van der Waals surface area contributed by atoms with Gasteiger partial charge in [0, 0.05) is 25.1 Å². The molecule has 0 aliphatic rings. The van der Waals surface area contributed by atoms with Crippen molar-refractivity contribution in [3.05, 3.63) is 83.7 Å². The van der Waals surface area contributed by atoms with Gasteiger partial charge in [0.25, 0.3) is 5.91 Å². The number of carbonyl (C=O) groups excluding carboxylic acids is 3. The average Bonchev–Trinajstić information content (AvgIpc) is 3.16. The van der Waals surface area contributed by atoms with E-state index in [1.807, 2.05) is 67.6 Å². The summed E-state index contributed by atoms with van der Waals surface area (Å²) in [5, 5.41) is 9.82. The second-order valence-corrected chi connectivity index (χ2v) is 7.14. The highest BCUT2D eigenvalue weighted by atomic mass is 16.2. The minimum atomic E-state index is -0.829. The first-order valence-corrected chi connectivity index (χ1v) is 9.97. The Kier molecular flexibility index (Phi) is 7.16. The van der Waals surface area contributed by atoms with Crippen LogP contribution < -0.4 is 16.4 Å². The van der Waals surface area contributed by atoms with Crippen LogP contribution in [0.5, 0.6) is 0 Å². The number of nitrogens with one attached hydrogen (secondary N) is 2. The van der Waals surface area contributed by atoms with Crippen molar-refractivity contribution in [2.24, 2.45) is 5.73 Å². The number of hydrogen-bond acceptors (Lipinski definition) is 4. The summed E-state index contributed by atoms with van der Waals surface area (Å²) in [4.78, 5) is 36.5. The molecule has 1 heterocycles. The molecule has 1 atom stereocenters. The molecule has 0 saturated heterocycles. The molecule has 0 aliphatic carbocycles. The standard InChI is InChI=1S/C23H25N5O3/c1-16-14-20(27-28(16)18-10-6-3-7-11-18)23(31)26-19(15-17-8-4-2-5-9-17)22(30)25-13-12-21(24)29/h2-11,14,19H,12-13,15H2,1H3,(H2,24,29)(H,25,30)(H,26,31)/t19-/m0/s1. The Morgan fingerprint density at radius 1 is 1.03 bits per heavy atom. The fraction of sp³-hybridized carbons (Fsp3) is 0.217. The number of primary amides is 1. The number of aryl methyl sites for hydroxylation is 1. The Labute approximate surface area is 180 Å². The van der Waals surface area contributed by atoms with Crippen LogP contribution in [0.1, 0.15) is 28.2 Å². The predicted octanol–water partition coefficient (Wildman–Crippen LogP) is 1.51. The summed E-state index contributed by atoms with van der Waals surface area (Å²) in [5.41, 5.74) is 7.86. The van der Waals surface area contributed by atoms with Crippen LogP contribution in [0.15, 0.2) is 66.7 Å². The fourth-order valence-corrected chi connectivity index (χ4v) is 3.14. The van der Waals surface area contributed by atoms with Gasteiger partial charge in [-0.2, -0.15) is 5.10 Å². The van der Waals surface area contributed by atoms with E-state index < -0.39 is 23.8 Å². The highest BCUT2D eigenvalue weighted by molar-refractivity contribution is 5.96. The van der Waals surface area contributed by atoms with Gasteiger partial charge in [0.15, 0.2) is 5.69 Å². The molecule has 8 heteroatoms. The lowest BCUT2D eigenvalue weighted by molar-refractivity contribution is -0.123. The molecule has 0 spiro atoms. The Bertz CT molecular complexity index is 1050. The third-order valence-electron chi connectivity index (χ3n) is 4.70. The van der Waals surface area contributed by atoms with Crippen LogP contribution in [-0.2, 0) is 16.0 Å². The minimum Gasteiger partial charge on any atom is -0.370 e. The predicted molar refractivity (Wildman–Crippen MR) is 117 cm³/mol. The summed E-state index contributed by atoms with van der Waals surface area (Å²) in [7, 11) is 0. The quantitative estimate of drug-likeness (QED) is 0.487. The molecule has 0 radical (unpaired) electrons. The molecule has 160 valence electrons. The van der Waals surface area contributed by atoms with Crippen LogP contribution in [0.4, 0.5) is 0 Å². The summed E-state index contributed by atoms with van der Waals surface area (Å²) in [5.74, 6) is -1.35. The Morgan fingerprint density at radius 2 is 1.68 bits per heavy atom. The topological polar surface area (TPSA) is 119 Å². The van der Waals surface area contributed by atoms with E-state index in [0.717, 1.165) is 16.9 Å². The van der Waals surface area contributed by atoms with Crippen LogP contribution >= 0.6 is 0 Å². The first-order valence-electron chi connectivity index (χ1n) is 9.97. The lowest BCUT2D eigenvalue weighted by Gasteiger charge is -2.18. The molecule has 0 unspecified atom stereocenters. The van der Waals surface area contributed by atoms with Gasteiger partial charge in [0.1, 0.15) is 6.04 Å². The highest BCUT2D eigenvalue weighted by Gasteiger charge is 2.23. The zero-order chi connectivity index (χ0) is 22.2. The molecule has 0 aliphatic heterocycles. The third kappa shape index (κ3) is 6.02. The van der Waals surface area contributed by atoms with Crippen molar-refractivity contribution in [3.63, 3.8) is 0 Å². The number of hydrogen-bond donors (Lipinski definition) is 3. The average molecular weight is 419 g/mol. The zero-order valence-corrected chi connectivity index (χ0v) is 17.2. The van der Waals surface area contributed by atoms with E-state index in [4.69, 9.17) is 5.73 Å². The van der Waals surface area contributed by atoms with Crippen LogP contribution in [0, 0.1) is 6.92 Å². The van der Waals surface area contributed by atoms with E-state index in [1.54, 1.807) is 10.7 Å². The Morgan fingerprint density at radius 3 is 2.32 bits per heavy atom. The van der Waals surface area contributed by atoms with Crippen LogP contribution in [-0.4, -0.2) is 40.1 Å². The summed E-state index contributed by atoms with van der Waals surface area (Å²) in [6.45, 7) is 1.96. The molecule has 0 saturated carbocycles. The number of para-hydroxylation sites is 1. The fourth-order valence-electron chi connectivity index (χ4n) is 3.14. The second-order valence-electron chi connectivity index (χ2n) is 7.14. The summed E-state index contributed by atoms with van der Waals surface area (Å²) in [6.07, 6.45) is 0.325. The summed E-state index contributed by atoms with van der Waals surface area (Å²) < 4.78 is 1.67. The number of aromatic nitrogens is 2. The summed E-state index contributed by atoms with van der Waals surface area (Å²) in [6, 6.07) is 19.7. The molecule has 0 bridgehead atoms. The second kappa shape index (κ2) is 10.2. The van der Waals surface area contributed by atoms with E-state index >= 15 is 0 Å². The van der Waals surface area contributed by atoms with E-state index in [0.29, 0.717) is 6.42 Å². The Hall–Kier alpha value is -3.94. The highest BCUT2D eigenvalue weighted by Crippen LogP contribution is 2.12. The normalized spacial score (nSPS) is 11.5. The van der Waals surface area contributed by atoms with Crippen LogP contribution in [0.3, 0.4) is 0 Å². The lowest BCUT2D eigenvalue weighted by atomic mass is 10.0. The van der Waals surface area contributed by atoms with Crippen LogP contribution in [0.25, 0.3) is 5.69 Å². The van der Waals surface area contributed by atoms with Crippen molar-refractivity contribution in [1.29, 1.82) is 0 Å². The molecule has 3 amide bonds. The van der Waals surface area contributed by atoms with Gasteiger partial charge in [-0.25, -0.2) is 4.68 Å². The maximum absolute atomic E-state index is 12.9. The van der Waals surface area contributed by atoms with E-state index in [2.05, 4.69) is 15.7 Å². The smallest absolute Gasteiger partial charge is 0.272 e. The van der Waals surface area contributed by atoms with Gasteiger partial charge in [-0.05, 0) is 30.7 Å². The maximum Gasteiger partial charge on any atom is 0.272 e. The number of nitrogens with zero attached hydrogens (tertiary/aromatic N) is 2. The number of carbonyl (C=O) groups is 3. The van der Waals surface area contributed by atoms with Gasteiger partial charge in [-0.3, -0.25) is 14.4 Å². The number of benzene rings is 2. The molecule has 3 aromatic rings. The van der Waals surface area contributed by atoms with E-state index in [-0.39, 0.29) is 18.7 Å². The molecule has 3 rings (SSSR count). The van der Waals surface area contributed by atoms with Crippen molar-refractivity contribution in [2.45, 2.75) is 25.8 Å². The molecule has 8 nitrogen and oxygen atoms in total. The van der Waals surface area contributed by atoms with Gasteiger partial charge in [0.2, 0.25) is 11.8 Å². The largest absolute Gasteiger partial charge is 0.370 e. The SMILES string of the molecule is Cc1cc(C(=O)N[C@@H](Cc2ccccc2)C(=O)NCCC(N)=O)nn1-c1ccccc1. The molecule has 4 N–H and O–H groups in total. The van der Waals surface area contributed by atoms with Gasteiger partial charge in [-0.1, -0.05) is 48.5 Å². The van der Waals surface area contributed by atoms with Crippen molar-refractivity contribution in [3.8, 4) is 5.69 Å². The monoisotopic (exact) mass is 419 g/mol. The number of nitrogens with two attached hydrogens (primary N) is 1. The van der Waals surface area contributed by atoms with Gasteiger partial charge >= 0.3 is 0 Å². The zero-order valence-electron chi connectivity index (χ0n) is 17.2. The maximum atomic E-state index is 12.9. The van der Waals surface area contributed by atoms with Crippen LogP contribution in [0.2, 0.25) is 0 Å². The van der Waals surface area contributed by atoms with Crippen molar-refractivity contribution in [2.75, 3.05) is 6.54 Å². The minimum absolute atomic E-state index is 0.0262. The number of amides is 3. The first kappa shape index (κ1) is 21.8. The van der Waals surface area contributed by atoms with Gasteiger partial charge in [-0.15, -0.1) is 0 Å². The van der Waals surface area contributed by atoms with Crippen molar-refractivity contribution in [1.82, 2.24) is 20.4 Å². The number of rotatable bonds is 9. The molecule has 1 aromatic heterocycles. The molecule has 2 aromatic carbocycles. The first-order chi connectivity index (χ1) is 14.9. The van der Waals surface area contributed by atoms with Gasteiger partial charge < -0.3 is 16.4 Å². The van der Waals surface area contributed by atoms with Crippen molar-refractivity contribution >= 4 is 17.7 Å². The molecule has 0 fully saturated rings. The summed E-state index contributed by atoms with van der Waals surface area (Å²) >= 11 is 0. The lowest BCUT2D eigenvalue weighted by Crippen LogP contribution is -2.48. The molecule has 31 heavy (non-hydrogen) atoms. The van der Waals surface area contributed by atoms with Crippen molar-refractivity contribution < 1.29 is 14.4 Å². The van der Waals surface area contributed by atoms with E-state index in [1.165, 1.54) is 0 Å². The third-order valence-corrected chi connectivity index (χ3v) is 4.70. The Balaban J connectivity index is 1.76.